The highest BCUT2D eigenvalue weighted by atomic mass is 16.1. The highest BCUT2D eigenvalue weighted by Crippen LogP contribution is 2.49. The summed E-state index contributed by atoms with van der Waals surface area (Å²) in [5, 5.41) is 4.26. The van der Waals surface area contributed by atoms with E-state index in [1.807, 2.05) is 20.2 Å². The first-order valence-corrected chi connectivity index (χ1v) is 4.58. The lowest BCUT2D eigenvalue weighted by Gasteiger charge is -2.08. The van der Waals surface area contributed by atoms with Gasteiger partial charge in [-0.3, -0.25) is 9.48 Å². The number of aryl methyl sites for hydroxylation is 2. The molecule has 1 heterocycles. The van der Waals surface area contributed by atoms with Gasteiger partial charge in [0.1, 0.15) is 5.78 Å². The summed E-state index contributed by atoms with van der Waals surface area (Å²) in [5.41, 5.74) is 1.95. The van der Waals surface area contributed by atoms with Crippen molar-refractivity contribution in [1.29, 1.82) is 0 Å². The van der Waals surface area contributed by atoms with E-state index in [1.165, 1.54) is 0 Å². The van der Waals surface area contributed by atoms with Crippen LogP contribution in [0.5, 0.6) is 0 Å². The van der Waals surface area contributed by atoms with Gasteiger partial charge >= 0.3 is 0 Å². The molecule has 70 valence electrons. The number of nitrogens with zero attached hydrogens (tertiary/aromatic N) is 2. The maximum Gasteiger partial charge on any atom is 0.140 e. The van der Waals surface area contributed by atoms with Crippen molar-refractivity contribution in [3.05, 3.63) is 17.5 Å². The quantitative estimate of drug-likeness (QED) is 0.685. The van der Waals surface area contributed by atoms with Crippen LogP contribution in [-0.4, -0.2) is 15.6 Å². The van der Waals surface area contributed by atoms with E-state index in [0.717, 1.165) is 24.1 Å². The van der Waals surface area contributed by atoms with Crippen LogP contribution in [0.1, 0.15) is 31.0 Å². The molecule has 0 bridgehead atoms. The van der Waals surface area contributed by atoms with E-state index in [-0.39, 0.29) is 11.2 Å². The maximum absolute atomic E-state index is 11.5. The molecule has 2 rings (SSSR count). The van der Waals surface area contributed by atoms with Crippen LogP contribution < -0.4 is 0 Å². The second-order valence-corrected chi connectivity index (χ2v) is 3.94. The average Bonchev–Trinajstić information content (AvgIpc) is 2.75. The molecule has 3 heteroatoms. The van der Waals surface area contributed by atoms with Crippen molar-refractivity contribution in [1.82, 2.24) is 9.78 Å². The molecule has 0 saturated heterocycles. The molecule has 0 spiro atoms. The number of Topliss-reactive ketones (excluding diaryl/α,β-unsaturated/α-hetero) is 1. The summed E-state index contributed by atoms with van der Waals surface area (Å²) in [6.07, 6.45) is 3.97. The predicted octanol–water partition coefficient (Wildman–Crippen LogP) is 1.35. The van der Waals surface area contributed by atoms with Crippen molar-refractivity contribution in [3.8, 4) is 0 Å². The van der Waals surface area contributed by atoms with Crippen molar-refractivity contribution in [3.63, 3.8) is 0 Å². The minimum absolute atomic E-state index is 0.168. The van der Waals surface area contributed by atoms with Crippen molar-refractivity contribution in [2.75, 3.05) is 0 Å². The van der Waals surface area contributed by atoms with Crippen molar-refractivity contribution >= 4 is 5.78 Å². The average molecular weight is 178 g/mol. The third-order valence-corrected chi connectivity index (χ3v) is 2.95. The van der Waals surface area contributed by atoms with Gasteiger partial charge in [0.25, 0.3) is 0 Å². The molecule has 0 N–H and O–H groups in total. The lowest BCUT2D eigenvalue weighted by atomic mass is 9.93. The van der Waals surface area contributed by atoms with E-state index in [4.69, 9.17) is 0 Å². The minimum atomic E-state index is -0.168. The third-order valence-electron chi connectivity index (χ3n) is 2.95. The van der Waals surface area contributed by atoms with E-state index in [9.17, 15) is 4.79 Å². The zero-order chi connectivity index (χ0) is 9.64. The molecule has 1 aromatic heterocycles. The van der Waals surface area contributed by atoms with Gasteiger partial charge in [-0.15, -0.1) is 0 Å². The van der Waals surface area contributed by atoms with Crippen LogP contribution in [0.25, 0.3) is 0 Å². The number of hydrogen-bond acceptors (Lipinski definition) is 2. The second-order valence-electron chi connectivity index (χ2n) is 3.94. The number of carbonyl (C=O) groups is 1. The number of rotatable bonds is 2. The fourth-order valence-corrected chi connectivity index (χ4v) is 2.01. The molecule has 0 aliphatic heterocycles. The van der Waals surface area contributed by atoms with Gasteiger partial charge in [-0.1, -0.05) is 0 Å². The van der Waals surface area contributed by atoms with Gasteiger partial charge in [-0.05, 0) is 26.7 Å². The summed E-state index contributed by atoms with van der Waals surface area (Å²) in [7, 11) is 1.90. The Hall–Kier alpha value is -1.12. The highest BCUT2D eigenvalue weighted by Gasteiger charge is 2.50. The van der Waals surface area contributed by atoms with Gasteiger partial charge < -0.3 is 0 Å². The molecule has 3 nitrogen and oxygen atoms in total. The summed E-state index contributed by atoms with van der Waals surface area (Å²) in [6, 6.07) is 0. The number of carbonyl (C=O) groups excluding carboxylic acids is 1. The Labute approximate surface area is 77.7 Å². The van der Waals surface area contributed by atoms with Crippen molar-refractivity contribution < 1.29 is 4.79 Å². The zero-order valence-corrected chi connectivity index (χ0v) is 8.29. The van der Waals surface area contributed by atoms with Gasteiger partial charge in [-0.25, -0.2) is 0 Å². The molecule has 1 aromatic rings. The number of aromatic nitrogens is 2. The molecule has 13 heavy (non-hydrogen) atoms. The fraction of sp³-hybridized carbons (Fsp3) is 0.600. The van der Waals surface area contributed by atoms with E-state index >= 15 is 0 Å². The standard InChI is InChI=1S/C10H14N2O/c1-7-9(6-12(3)11-7)10(4-5-10)8(2)13/h6H,4-5H2,1-3H3. The van der Waals surface area contributed by atoms with Gasteiger partial charge in [0, 0.05) is 18.8 Å². The van der Waals surface area contributed by atoms with E-state index in [0.29, 0.717) is 0 Å². The van der Waals surface area contributed by atoms with Gasteiger partial charge in [0.2, 0.25) is 0 Å². The van der Waals surface area contributed by atoms with Crippen LogP contribution in [0.3, 0.4) is 0 Å². The van der Waals surface area contributed by atoms with Gasteiger partial charge in [-0.2, -0.15) is 5.10 Å². The highest BCUT2D eigenvalue weighted by molar-refractivity contribution is 5.91. The zero-order valence-electron chi connectivity index (χ0n) is 8.29. The molecule has 1 fully saturated rings. The smallest absolute Gasteiger partial charge is 0.140 e. The Morgan fingerprint density at radius 2 is 2.23 bits per heavy atom. The second kappa shape index (κ2) is 2.44. The number of ketones is 1. The molecule has 0 atom stereocenters. The molecule has 0 unspecified atom stereocenters. The Morgan fingerprint density at radius 3 is 2.54 bits per heavy atom. The molecule has 1 aliphatic carbocycles. The van der Waals surface area contributed by atoms with E-state index < -0.39 is 0 Å². The summed E-state index contributed by atoms with van der Waals surface area (Å²) in [4.78, 5) is 11.5. The predicted molar refractivity (Wildman–Crippen MR) is 49.5 cm³/mol. The number of hydrogen-bond donors (Lipinski definition) is 0. The van der Waals surface area contributed by atoms with Crippen LogP contribution in [0.4, 0.5) is 0 Å². The fourth-order valence-electron chi connectivity index (χ4n) is 2.01. The Bertz CT molecular complexity index is 361. The molecule has 1 saturated carbocycles. The molecule has 0 aromatic carbocycles. The first-order chi connectivity index (χ1) is 6.06. The Kier molecular flexibility index (Phi) is 1.59. The van der Waals surface area contributed by atoms with Crippen LogP contribution in [-0.2, 0) is 17.3 Å². The first kappa shape index (κ1) is 8.48. The minimum Gasteiger partial charge on any atom is -0.299 e. The van der Waals surface area contributed by atoms with E-state index in [1.54, 1.807) is 11.6 Å². The SMILES string of the molecule is CC(=O)C1(c2cn(C)nc2C)CC1. The van der Waals surface area contributed by atoms with Gasteiger partial charge in [0.15, 0.2) is 0 Å². The van der Waals surface area contributed by atoms with Crippen LogP contribution in [0, 0.1) is 6.92 Å². The largest absolute Gasteiger partial charge is 0.299 e. The summed E-state index contributed by atoms with van der Waals surface area (Å²) in [6.45, 7) is 3.65. The van der Waals surface area contributed by atoms with Crippen molar-refractivity contribution in [2.45, 2.75) is 32.1 Å². The Balaban J connectivity index is 2.46. The first-order valence-electron chi connectivity index (χ1n) is 4.58. The van der Waals surface area contributed by atoms with Gasteiger partial charge in [0.05, 0.1) is 11.1 Å². The molecular formula is C10H14N2O. The molecular weight excluding hydrogens is 164 g/mol. The molecule has 0 radical (unpaired) electrons. The van der Waals surface area contributed by atoms with Crippen LogP contribution in [0.15, 0.2) is 6.20 Å². The van der Waals surface area contributed by atoms with E-state index in [2.05, 4.69) is 5.10 Å². The topological polar surface area (TPSA) is 34.9 Å². The lowest BCUT2D eigenvalue weighted by Crippen LogP contribution is -2.17. The van der Waals surface area contributed by atoms with Crippen LogP contribution >= 0.6 is 0 Å². The summed E-state index contributed by atoms with van der Waals surface area (Å²) in [5.74, 6) is 0.281. The maximum atomic E-state index is 11.5. The summed E-state index contributed by atoms with van der Waals surface area (Å²) >= 11 is 0. The molecule has 1 aliphatic rings. The van der Waals surface area contributed by atoms with Crippen LogP contribution in [0.2, 0.25) is 0 Å². The monoisotopic (exact) mass is 178 g/mol. The molecule has 0 amide bonds. The normalized spacial score (nSPS) is 18.7. The lowest BCUT2D eigenvalue weighted by molar-refractivity contribution is -0.119. The Morgan fingerprint density at radius 1 is 1.62 bits per heavy atom. The summed E-state index contributed by atoms with van der Waals surface area (Å²) < 4.78 is 1.79. The van der Waals surface area contributed by atoms with Crippen molar-refractivity contribution in [2.24, 2.45) is 7.05 Å². The third kappa shape index (κ3) is 1.10.